The Balaban J connectivity index is 1.78. The average Bonchev–Trinajstić information content (AvgIpc) is 2.97. The molecule has 5 heteroatoms. The van der Waals surface area contributed by atoms with E-state index in [1.807, 2.05) is 0 Å². The van der Waals surface area contributed by atoms with Gasteiger partial charge in [-0.1, -0.05) is 11.6 Å². The fourth-order valence-electron chi connectivity index (χ4n) is 1.89. The highest BCUT2D eigenvalue weighted by Gasteiger charge is 2.54. The Morgan fingerprint density at radius 1 is 1.38 bits per heavy atom. The smallest absolute Gasteiger partial charge is 0.186 e. The second-order valence-electron chi connectivity index (χ2n) is 3.96. The van der Waals surface area contributed by atoms with Gasteiger partial charge in [-0.25, -0.2) is 0 Å². The van der Waals surface area contributed by atoms with Gasteiger partial charge in [-0.15, -0.1) is 0 Å². The third-order valence-corrected chi connectivity index (χ3v) is 3.86. The van der Waals surface area contributed by atoms with Crippen molar-refractivity contribution in [2.24, 2.45) is 5.92 Å². The zero-order valence-electron chi connectivity index (χ0n) is 7.09. The number of anilines is 1. The average molecular weight is 216 g/mol. The second kappa shape index (κ2) is 2.58. The van der Waals surface area contributed by atoms with Crippen molar-refractivity contribution in [3.05, 3.63) is 5.15 Å². The van der Waals surface area contributed by atoms with Crippen LogP contribution in [-0.4, -0.2) is 14.3 Å². The molecule has 1 aromatic heterocycles. The van der Waals surface area contributed by atoms with E-state index >= 15 is 0 Å². The Labute approximate surface area is 85.8 Å². The van der Waals surface area contributed by atoms with Crippen LogP contribution in [0.1, 0.15) is 25.7 Å². The van der Waals surface area contributed by atoms with Crippen LogP contribution in [0.3, 0.4) is 0 Å². The lowest BCUT2D eigenvalue weighted by Crippen LogP contribution is -2.23. The molecule has 2 aliphatic carbocycles. The van der Waals surface area contributed by atoms with Crippen molar-refractivity contribution in [2.45, 2.75) is 31.2 Å². The maximum Gasteiger partial charge on any atom is 0.186 e. The van der Waals surface area contributed by atoms with Crippen molar-refractivity contribution in [2.75, 3.05) is 5.32 Å². The van der Waals surface area contributed by atoms with E-state index in [1.54, 1.807) is 0 Å². The predicted octanol–water partition coefficient (Wildman–Crippen LogP) is 2.55. The van der Waals surface area contributed by atoms with Gasteiger partial charge in [0.2, 0.25) is 0 Å². The molecule has 2 fully saturated rings. The number of hydrogen-bond donors (Lipinski definition) is 1. The van der Waals surface area contributed by atoms with Crippen LogP contribution in [0.2, 0.25) is 5.15 Å². The molecule has 0 spiro atoms. The highest BCUT2D eigenvalue weighted by atomic mass is 35.5. The van der Waals surface area contributed by atoms with Crippen LogP contribution in [0.25, 0.3) is 0 Å². The Bertz CT molecular complexity index is 330. The summed E-state index contributed by atoms with van der Waals surface area (Å²) >= 11 is 7.05. The largest absolute Gasteiger partial charge is 0.361 e. The van der Waals surface area contributed by atoms with E-state index in [0.29, 0.717) is 10.7 Å². The van der Waals surface area contributed by atoms with Gasteiger partial charge in [0.25, 0.3) is 0 Å². The van der Waals surface area contributed by atoms with Gasteiger partial charge in [-0.2, -0.15) is 8.75 Å². The van der Waals surface area contributed by atoms with Gasteiger partial charge >= 0.3 is 0 Å². The summed E-state index contributed by atoms with van der Waals surface area (Å²) in [5.41, 5.74) is 0.347. The molecular formula is C8H10ClN3S. The Kier molecular flexibility index (Phi) is 1.58. The molecule has 1 N–H and O–H groups in total. The van der Waals surface area contributed by atoms with E-state index in [1.165, 1.54) is 37.4 Å². The lowest BCUT2D eigenvalue weighted by Gasteiger charge is -2.15. The summed E-state index contributed by atoms with van der Waals surface area (Å²) < 4.78 is 8.08. The van der Waals surface area contributed by atoms with E-state index in [2.05, 4.69) is 14.1 Å². The summed E-state index contributed by atoms with van der Waals surface area (Å²) in [7, 11) is 0. The van der Waals surface area contributed by atoms with Crippen LogP contribution >= 0.6 is 23.3 Å². The summed E-state index contributed by atoms with van der Waals surface area (Å²) in [4.78, 5) is 0. The molecule has 1 heterocycles. The number of rotatable bonds is 3. The van der Waals surface area contributed by atoms with Crippen LogP contribution in [0.4, 0.5) is 5.82 Å². The molecule has 3 rings (SSSR count). The minimum Gasteiger partial charge on any atom is -0.361 e. The standard InChI is InChI=1S/C8H10ClN3S/c9-6-7(12-13-11-6)10-8(3-4-8)5-1-2-5/h5H,1-4H2,(H,10,12). The van der Waals surface area contributed by atoms with Gasteiger partial charge < -0.3 is 5.32 Å². The molecule has 2 saturated carbocycles. The minimum atomic E-state index is 0.347. The monoisotopic (exact) mass is 215 g/mol. The van der Waals surface area contributed by atoms with Gasteiger partial charge in [0.15, 0.2) is 11.0 Å². The van der Waals surface area contributed by atoms with Crippen LogP contribution in [-0.2, 0) is 0 Å². The van der Waals surface area contributed by atoms with E-state index in [-0.39, 0.29) is 0 Å². The third kappa shape index (κ3) is 1.32. The van der Waals surface area contributed by atoms with Crippen LogP contribution in [0, 0.1) is 5.92 Å². The maximum atomic E-state index is 5.87. The fraction of sp³-hybridized carbons (Fsp3) is 0.750. The number of nitrogens with zero attached hydrogens (tertiary/aromatic N) is 2. The highest BCUT2D eigenvalue weighted by molar-refractivity contribution is 6.99. The van der Waals surface area contributed by atoms with Crippen molar-refractivity contribution in [3.8, 4) is 0 Å². The number of halogens is 1. The summed E-state index contributed by atoms with van der Waals surface area (Å²) in [6.07, 6.45) is 5.27. The van der Waals surface area contributed by atoms with Gasteiger partial charge in [0.1, 0.15) is 0 Å². The normalized spacial score (nSPS) is 24.4. The lowest BCUT2D eigenvalue weighted by atomic mass is 10.1. The van der Waals surface area contributed by atoms with Crippen molar-refractivity contribution < 1.29 is 0 Å². The molecule has 70 valence electrons. The first-order valence-corrected chi connectivity index (χ1v) is 5.67. The van der Waals surface area contributed by atoms with Gasteiger partial charge in [0.05, 0.1) is 11.7 Å². The lowest BCUT2D eigenvalue weighted by molar-refractivity contribution is 0.632. The highest BCUT2D eigenvalue weighted by Crippen LogP contribution is 2.55. The molecule has 0 unspecified atom stereocenters. The second-order valence-corrected chi connectivity index (χ2v) is 4.85. The van der Waals surface area contributed by atoms with Crippen molar-refractivity contribution in [1.29, 1.82) is 0 Å². The predicted molar refractivity (Wildman–Crippen MR) is 53.2 cm³/mol. The summed E-state index contributed by atoms with van der Waals surface area (Å²) in [6.45, 7) is 0. The molecule has 0 radical (unpaired) electrons. The van der Waals surface area contributed by atoms with E-state index in [9.17, 15) is 0 Å². The molecule has 0 bridgehead atoms. The molecule has 0 aliphatic heterocycles. The molecule has 0 saturated heterocycles. The number of aromatic nitrogens is 2. The Morgan fingerprint density at radius 3 is 2.62 bits per heavy atom. The van der Waals surface area contributed by atoms with Crippen LogP contribution in [0.15, 0.2) is 0 Å². The first kappa shape index (κ1) is 8.00. The number of hydrogen-bond acceptors (Lipinski definition) is 4. The Morgan fingerprint density at radius 2 is 2.15 bits per heavy atom. The maximum absolute atomic E-state index is 5.87. The van der Waals surface area contributed by atoms with Gasteiger partial charge in [0, 0.05) is 5.54 Å². The van der Waals surface area contributed by atoms with Crippen molar-refractivity contribution >= 4 is 29.1 Å². The molecule has 3 nitrogen and oxygen atoms in total. The molecule has 1 aromatic rings. The first-order chi connectivity index (χ1) is 6.30. The summed E-state index contributed by atoms with van der Waals surface area (Å²) in [5.74, 6) is 1.65. The SMILES string of the molecule is Clc1nsnc1NC1(C2CC2)CC1. The fourth-order valence-corrected chi connectivity index (χ4v) is 2.54. The molecule has 0 aromatic carbocycles. The van der Waals surface area contributed by atoms with E-state index in [0.717, 1.165) is 11.7 Å². The molecule has 13 heavy (non-hydrogen) atoms. The topological polar surface area (TPSA) is 37.8 Å². The summed E-state index contributed by atoms with van der Waals surface area (Å²) in [5, 5.41) is 3.97. The Hall–Kier alpha value is -0.350. The van der Waals surface area contributed by atoms with Crippen molar-refractivity contribution in [1.82, 2.24) is 8.75 Å². The first-order valence-electron chi connectivity index (χ1n) is 4.56. The van der Waals surface area contributed by atoms with E-state index < -0.39 is 0 Å². The zero-order chi connectivity index (χ0) is 8.89. The van der Waals surface area contributed by atoms with Crippen molar-refractivity contribution in [3.63, 3.8) is 0 Å². The molecule has 2 aliphatic rings. The number of nitrogens with one attached hydrogen (secondary N) is 1. The molecule has 0 amide bonds. The van der Waals surface area contributed by atoms with Gasteiger partial charge in [-0.05, 0) is 31.6 Å². The third-order valence-electron chi connectivity index (χ3n) is 2.96. The molecule has 0 atom stereocenters. The van der Waals surface area contributed by atoms with Crippen LogP contribution in [0.5, 0.6) is 0 Å². The van der Waals surface area contributed by atoms with Gasteiger partial charge in [-0.3, -0.25) is 0 Å². The van der Waals surface area contributed by atoms with Crippen LogP contribution < -0.4 is 5.32 Å². The zero-order valence-corrected chi connectivity index (χ0v) is 8.66. The minimum absolute atomic E-state index is 0.347. The quantitative estimate of drug-likeness (QED) is 0.842. The summed E-state index contributed by atoms with van der Waals surface area (Å²) in [6, 6.07) is 0. The van der Waals surface area contributed by atoms with E-state index in [4.69, 9.17) is 11.6 Å². The molecular weight excluding hydrogens is 206 g/mol.